The quantitative estimate of drug-likeness (QED) is 0.487. The number of aromatic amines is 1. The molecule has 2 N–H and O–H groups in total. The molecule has 0 saturated carbocycles. The topological polar surface area (TPSA) is 103 Å². The summed E-state index contributed by atoms with van der Waals surface area (Å²) in [6, 6.07) is 1.19. The fraction of sp³-hybridized carbons (Fsp3) is 0.556. The van der Waals surface area contributed by atoms with Crippen LogP contribution < -0.4 is 11.2 Å². The Labute approximate surface area is 123 Å². The predicted octanol–water partition coefficient (Wildman–Crippen LogP) is -0.635. The second-order valence-corrected chi connectivity index (χ2v) is 9.57. The standard InChI is InChI=1S/C9H11N2O6PS2/c12-3-4-6-7(17-18(19,20)16-6)8(15-4)11-2-1-5(13)10-9(11)14/h1-2,4,6-8,12H,3H2,(H,19,20)(H,10,13,14)/t4-,6-,7-,8-/m1/s1. The van der Waals surface area contributed by atoms with E-state index < -0.39 is 41.5 Å². The van der Waals surface area contributed by atoms with Crippen molar-refractivity contribution in [2.75, 3.05) is 6.61 Å². The van der Waals surface area contributed by atoms with Gasteiger partial charge in [0.05, 0.1) is 6.61 Å². The highest BCUT2D eigenvalue weighted by atomic mass is 32.9. The van der Waals surface area contributed by atoms with Gasteiger partial charge >= 0.3 is 5.69 Å². The molecule has 1 aromatic rings. The third kappa shape index (κ3) is 2.41. The van der Waals surface area contributed by atoms with Crippen molar-refractivity contribution < 1.29 is 18.9 Å². The Kier molecular flexibility index (Phi) is 3.66. The second kappa shape index (κ2) is 5.06. The molecule has 20 heavy (non-hydrogen) atoms. The summed E-state index contributed by atoms with van der Waals surface area (Å²) in [5, 5.41) is 9.31. The van der Waals surface area contributed by atoms with E-state index >= 15 is 0 Å². The lowest BCUT2D eigenvalue weighted by molar-refractivity contribution is -0.0563. The van der Waals surface area contributed by atoms with Crippen molar-refractivity contribution in [2.24, 2.45) is 0 Å². The van der Waals surface area contributed by atoms with Crippen molar-refractivity contribution in [1.29, 1.82) is 0 Å². The molecule has 0 aliphatic carbocycles. The van der Waals surface area contributed by atoms with Gasteiger partial charge in [0.15, 0.2) is 6.23 Å². The van der Waals surface area contributed by atoms with Gasteiger partial charge in [-0.15, -0.1) is 0 Å². The minimum atomic E-state index is -2.70. The summed E-state index contributed by atoms with van der Waals surface area (Å²) in [6.07, 6.45) is -1.45. The van der Waals surface area contributed by atoms with Crippen LogP contribution in [0.15, 0.2) is 21.9 Å². The molecular weight excluding hydrogens is 327 g/mol. The number of thiol groups is 1. The monoisotopic (exact) mass is 338 g/mol. The minimum absolute atomic E-state index is 0.303. The summed E-state index contributed by atoms with van der Waals surface area (Å²) in [4.78, 5) is 25.0. The molecule has 2 aliphatic heterocycles. The number of H-pyrrole nitrogens is 1. The lowest BCUT2D eigenvalue weighted by Crippen LogP contribution is -2.36. The summed E-state index contributed by atoms with van der Waals surface area (Å²) in [5.74, 6) is 0. The number of hydrogen-bond acceptors (Lipinski definition) is 7. The Morgan fingerprint density at radius 3 is 2.80 bits per heavy atom. The highest BCUT2D eigenvalue weighted by molar-refractivity contribution is 8.60. The summed E-state index contributed by atoms with van der Waals surface area (Å²) < 4.78 is 17.8. The summed E-state index contributed by atoms with van der Waals surface area (Å²) in [6.45, 7) is -0.303. The van der Waals surface area contributed by atoms with Crippen LogP contribution in [0, 0.1) is 0 Å². The maximum Gasteiger partial charge on any atom is 0.330 e. The average Bonchev–Trinajstić information content (AvgIpc) is 2.83. The molecule has 0 amide bonds. The molecule has 2 aliphatic rings. The van der Waals surface area contributed by atoms with Gasteiger partial charge in [0.1, 0.15) is 18.3 Å². The first-order valence-corrected chi connectivity index (χ1v) is 9.48. The van der Waals surface area contributed by atoms with Crippen LogP contribution in [-0.2, 0) is 25.6 Å². The number of fused-ring (bicyclic) bond motifs is 1. The Morgan fingerprint density at radius 2 is 2.15 bits per heavy atom. The highest BCUT2D eigenvalue weighted by Crippen LogP contribution is 2.64. The van der Waals surface area contributed by atoms with Crippen molar-refractivity contribution in [2.45, 2.75) is 24.5 Å². The maximum atomic E-state index is 11.8. The average molecular weight is 338 g/mol. The first kappa shape index (κ1) is 14.5. The summed E-state index contributed by atoms with van der Waals surface area (Å²) in [7, 11) is 0. The largest absolute Gasteiger partial charge is 0.394 e. The Bertz CT molecular complexity index is 690. The lowest BCUT2D eigenvalue weighted by atomic mass is 10.1. The molecule has 1 aromatic heterocycles. The van der Waals surface area contributed by atoms with E-state index in [1.54, 1.807) is 0 Å². The van der Waals surface area contributed by atoms with Gasteiger partial charge in [0, 0.05) is 12.3 Å². The zero-order valence-electron chi connectivity index (χ0n) is 9.91. The predicted molar refractivity (Wildman–Crippen MR) is 75.3 cm³/mol. The van der Waals surface area contributed by atoms with E-state index in [0.717, 1.165) is 0 Å². The normalized spacial score (nSPS) is 39.9. The smallest absolute Gasteiger partial charge is 0.330 e. The van der Waals surface area contributed by atoms with Crippen LogP contribution in [-0.4, -0.2) is 39.6 Å². The molecule has 3 heterocycles. The number of aliphatic hydroxyl groups excluding tert-OH is 1. The van der Waals surface area contributed by atoms with Crippen LogP contribution >= 0.6 is 17.9 Å². The van der Waals surface area contributed by atoms with Crippen LogP contribution in [0.4, 0.5) is 0 Å². The zero-order valence-corrected chi connectivity index (χ0v) is 12.5. The van der Waals surface area contributed by atoms with Gasteiger partial charge in [0.2, 0.25) is 5.69 Å². The number of rotatable bonds is 2. The van der Waals surface area contributed by atoms with Crippen molar-refractivity contribution in [3.8, 4) is 0 Å². The molecule has 8 nitrogen and oxygen atoms in total. The summed E-state index contributed by atoms with van der Waals surface area (Å²) >= 11 is 9.20. The van der Waals surface area contributed by atoms with Gasteiger partial charge in [-0.2, -0.15) is 0 Å². The van der Waals surface area contributed by atoms with Crippen LogP contribution in [0.3, 0.4) is 0 Å². The fourth-order valence-electron chi connectivity index (χ4n) is 2.28. The molecule has 2 fully saturated rings. The van der Waals surface area contributed by atoms with Crippen LogP contribution in [0.2, 0.25) is 0 Å². The molecular formula is C9H11N2O6PS2. The van der Waals surface area contributed by atoms with Crippen molar-refractivity contribution in [3.63, 3.8) is 0 Å². The number of nitrogens with one attached hydrogen (secondary N) is 1. The zero-order chi connectivity index (χ0) is 14.5. The van der Waals surface area contributed by atoms with Gasteiger partial charge in [-0.25, -0.2) is 4.79 Å². The molecule has 2 saturated heterocycles. The number of aliphatic hydroxyl groups is 1. The van der Waals surface area contributed by atoms with E-state index in [2.05, 4.69) is 17.2 Å². The Morgan fingerprint density at radius 1 is 1.45 bits per heavy atom. The van der Waals surface area contributed by atoms with E-state index in [1.807, 2.05) is 0 Å². The molecule has 0 aromatic carbocycles. The fourth-order valence-corrected chi connectivity index (χ4v) is 4.67. The van der Waals surface area contributed by atoms with Crippen LogP contribution in [0.25, 0.3) is 0 Å². The Hall–Kier alpha value is -0.480. The molecule has 1 unspecified atom stereocenters. The maximum absolute atomic E-state index is 11.8. The molecule has 110 valence electrons. The third-order valence-electron chi connectivity index (χ3n) is 3.10. The van der Waals surface area contributed by atoms with Gasteiger partial charge in [-0.3, -0.25) is 14.3 Å². The molecule has 3 rings (SSSR count). The molecule has 0 spiro atoms. The van der Waals surface area contributed by atoms with Gasteiger partial charge in [-0.05, 0) is 11.8 Å². The Balaban J connectivity index is 2.00. The van der Waals surface area contributed by atoms with Gasteiger partial charge in [-0.1, -0.05) is 12.2 Å². The number of nitrogens with zero attached hydrogens (tertiary/aromatic N) is 1. The van der Waals surface area contributed by atoms with E-state index in [1.165, 1.54) is 16.8 Å². The molecule has 0 radical (unpaired) electrons. The van der Waals surface area contributed by atoms with Gasteiger partial charge < -0.3 is 18.9 Å². The number of hydrogen-bond donors (Lipinski definition) is 3. The second-order valence-electron chi connectivity index (χ2n) is 4.37. The molecule has 5 atom stereocenters. The van der Waals surface area contributed by atoms with E-state index in [9.17, 15) is 14.7 Å². The summed E-state index contributed by atoms with van der Waals surface area (Å²) in [5.41, 5.74) is -3.85. The minimum Gasteiger partial charge on any atom is -0.394 e. The number of aromatic nitrogens is 2. The highest BCUT2D eigenvalue weighted by Gasteiger charge is 2.55. The van der Waals surface area contributed by atoms with E-state index in [0.29, 0.717) is 0 Å². The van der Waals surface area contributed by atoms with Crippen molar-refractivity contribution in [1.82, 2.24) is 9.55 Å². The van der Waals surface area contributed by atoms with Crippen LogP contribution in [0.1, 0.15) is 6.23 Å². The first-order chi connectivity index (χ1) is 9.41. The molecule has 0 bridgehead atoms. The SMILES string of the molecule is O=c1ccn([C@@H]2O[C@H](CO)[C@H]3OP(=S)(S)O[C@H]32)c(=O)[nH]1. The first-order valence-electron chi connectivity index (χ1n) is 5.69. The van der Waals surface area contributed by atoms with Gasteiger partial charge in [0.25, 0.3) is 5.56 Å². The third-order valence-corrected chi connectivity index (χ3v) is 5.20. The van der Waals surface area contributed by atoms with Crippen molar-refractivity contribution in [3.05, 3.63) is 33.1 Å². The van der Waals surface area contributed by atoms with E-state index in [4.69, 9.17) is 25.6 Å². The van der Waals surface area contributed by atoms with E-state index in [-0.39, 0.29) is 6.61 Å². The number of ether oxygens (including phenoxy) is 1. The van der Waals surface area contributed by atoms with Crippen molar-refractivity contribution >= 4 is 29.7 Å². The molecule has 11 heteroatoms. The lowest BCUT2D eigenvalue weighted by Gasteiger charge is -2.19. The van der Waals surface area contributed by atoms with Crippen LogP contribution in [0.5, 0.6) is 0 Å².